The number of para-hydroxylation sites is 1. The van der Waals surface area contributed by atoms with Gasteiger partial charge in [0.1, 0.15) is 10.0 Å². The fraction of sp³-hybridized carbons (Fsp3) is 0.174. The minimum Gasteiger partial charge on any atom is -0.453 e. The van der Waals surface area contributed by atoms with Gasteiger partial charge in [-0.25, -0.2) is 9.78 Å². The van der Waals surface area contributed by atoms with Crippen molar-refractivity contribution in [3.05, 3.63) is 69.6 Å². The van der Waals surface area contributed by atoms with Crippen molar-refractivity contribution < 1.29 is 14.3 Å². The molecule has 0 radical (unpaired) electrons. The lowest BCUT2D eigenvalue weighted by molar-refractivity contribution is 0.102. The highest BCUT2D eigenvalue weighted by molar-refractivity contribution is 7.23. The van der Waals surface area contributed by atoms with Gasteiger partial charge < -0.3 is 15.0 Å². The topological polar surface area (TPSA) is 71.5 Å². The number of carbonyl (C=O) groups excluding carboxylic acids is 2. The minimum absolute atomic E-state index is 0.276. The molecule has 0 aliphatic carbocycles. The van der Waals surface area contributed by atoms with Gasteiger partial charge in [0.25, 0.3) is 5.91 Å². The van der Waals surface area contributed by atoms with E-state index in [2.05, 4.69) is 5.32 Å². The molecule has 162 valence electrons. The van der Waals surface area contributed by atoms with Crippen LogP contribution >= 0.6 is 34.3 Å². The lowest BCUT2D eigenvalue weighted by Gasteiger charge is -2.25. The van der Waals surface area contributed by atoms with E-state index >= 15 is 0 Å². The highest BCUT2D eigenvalue weighted by Crippen LogP contribution is 2.46. The number of amides is 2. The lowest BCUT2D eigenvalue weighted by Crippen LogP contribution is -2.35. The predicted octanol–water partition coefficient (Wildman–Crippen LogP) is 6.06. The first-order chi connectivity index (χ1) is 15.5. The highest BCUT2D eigenvalue weighted by Gasteiger charge is 2.30. The van der Waals surface area contributed by atoms with Crippen LogP contribution in [0.15, 0.2) is 48.5 Å². The van der Waals surface area contributed by atoms with E-state index < -0.39 is 0 Å². The number of ether oxygens (including phenoxy) is 1. The third-order valence-electron chi connectivity index (χ3n) is 5.34. The SMILES string of the molecule is COC(=O)N1CCc2c(sc(NC(=O)c3ccccc3Cl)c2-c2nc3ccccc3s2)C1. The molecular weight excluding hydrogens is 466 g/mol. The Morgan fingerprint density at radius 1 is 1.12 bits per heavy atom. The van der Waals surface area contributed by atoms with Crippen molar-refractivity contribution in [1.82, 2.24) is 9.88 Å². The maximum atomic E-state index is 13.0. The lowest BCUT2D eigenvalue weighted by atomic mass is 10.0. The van der Waals surface area contributed by atoms with E-state index in [1.54, 1.807) is 40.5 Å². The van der Waals surface area contributed by atoms with Crippen LogP contribution in [0.3, 0.4) is 0 Å². The first kappa shape index (κ1) is 20.9. The number of halogens is 1. The minimum atomic E-state index is -0.354. The summed E-state index contributed by atoms with van der Waals surface area (Å²) in [6.45, 7) is 0.985. The monoisotopic (exact) mass is 483 g/mol. The van der Waals surface area contributed by atoms with E-state index in [0.29, 0.717) is 35.1 Å². The van der Waals surface area contributed by atoms with Gasteiger partial charge in [-0.05, 0) is 36.2 Å². The van der Waals surface area contributed by atoms with Crippen LogP contribution in [0.4, 0.5) is 9.80 Å². The number of anilines is 1. The zero-order chi connectivity index (χ0) is 22.2. The van der Waals surface area contributed by atoms with Crippen molar-refractivity contribution in [2.24, 2.45) is 0 Å². The number of nitrogens with one attached hydrogen (secondary N) is 1. The molecule has 2 amide bonds. The predicted molar refractivity (Wildman–Crippen MR) is 129 cm³/mol. The molecule has 2 aromatic heterocycles. The molecule has 2 aromatic carbocycles. The summed E-state index contributed by atoms with van der Waals surface area (Å²) in [6, 6.07) is 14.9. The summed E-state index contributed by atoms with van der Waals surface area (Å²) in [5, 5.41) is 5.01. The van der Waals surface area contributed by atoms with Gasteiger partial charge in [-0.1, -0.05) is 35.9 Å². The molecule has 6 nitrogen and oxygen atoms in total. The van der Waals surface area contributed by atoms with Crippen LogP contribution in [-0.2, 0) is 17.7 Å². The quantitative estimate of drug-likeness (QED) is 0.384. The maximum Gasteiger partial charge on any atom is 0.409 e. The Bertz CT molecular complexity index is 1310. The van der Waals surface area contributed by atoms with Crippen molar-refractivity contribution in [1.29, 1.82) is 0 Å². The summed E-state index contributed by atoms with van der Waals surface area (Å²) < 4.78 is 5.98. The van der Waals surface area contributed by atoms with Gasteiger partial charge in [-0.2, -0.15) is 0 Å². The normalized spacial score (nSPS) is 13.1. The molecule has 0 saturated carbocycles. The van der Waals surface area contributed by atoms with Crippen molar-refractivity contribution in [2.45, 2.75) is 13.0 Å². The van der Waals surface area contributed by atoms with Crippen LogP contribution in [0.5, 0.6) is 0 Å². The van der Waals surface area contributed by atoms with Crippen molar-refractivity contribution in [3.63, 3.8) is 0 Å². The average Bonchev–Trinajstić information content (AvgIpc) is 3.38. The third kappa shape index (κ3) is 3.74. The molecule has 0 bridgehead atoms. The second-order valence-electron chi connectivity index (χ2n) is 7.27. The van der Waals surface area contributed by atoms with Gasteiger partial charge >= 0.3 is 6.09 Å². The van der Waals surface area contributed by atoms with E-state index in [0.717, 1.165) is 31.2 Å². The van der Waals surface area contributed by atoms with E-state index in [-0.39, 0.29) is 12.0 Å². The molecule has 0 unspecified atom stereocenters. The van der Waals surface area contributed by atoms with Crippen LogP contribution in [0.2, 0.25) is 5.02 Å². The molecular formula is C23H18ClN3O3S2. The number of thiazole rings is 1. The Morgan fingerprint density at radius 3 is 2.69 bits per heavy atom. The summed E-state index contributed by atoms with van der Waals surface area (Å²) >= 11 is 9.30. The molecule has 0 fully saturated rings. The third-order valence-corrected chi connectivity index (χ3v) is 7.86. The number of rotatable bonds is 3. The van der Waals surface area contributed by atoms with Crippen LogP contribution < -0.4 is 5.32 Å². The summed E-state index contributed by atoms with van der Waals surface area (Å²) in [6.07, 6.45) is 0.306. The molecule has 4 aromatic rings. The van der Waals surface area contributed by atoms with E-state index in [1.165, 1.54) is 18.4 Å². The Kier molecular flexibility index (Phi) is 5.58. The van der Waals surface area contributed by atoms with E-state index in [9.17, 15) is 9.59 Å². The number of hydrogen-bond acceptors (Lipinski definition) is 6. The second-order valence-corrected chi connectivity index (χ2v) is 9.81. The molecule has 0 atom stereocenters. The zero-order valence-corrected chi connectivity index (χ0v) is 19.4. The van der Waals surface area contributed by atoms with Crippen LogP contribution in [0, 0.1) is 0 Å². The molecule has 3 heterocycles. The number of benzene rings is 2. The summed E-state index contributed by atoms with van der Waals surface area (Å²) in [7, 11) is 1.38. The van der Waals surface area contributed by atoms with Gasteiger partial charge in [0, 0.05) is 17.0 Å². The van der Waals surface area contributed by atoms with Crippen molar-refractivity contribution in [3.8, 4) is 10.6 Å². The van der Waals surface area contributed by atoms with Crippen LogP contribution in [0.1, 0.15) is 20.8 Å². The molecule has 9 heteroatoms. The van der Waals surface area contributed by atoms with Gasteiger partial charge in [-0.3, -0.25) is 4.79 Å². The number of nitrogens with zero attached hydrogens (tertiary/aromatic N) is 2. The number of thiophene rings is 1. The highest BCUT2D eigenvalue weighted by atomic mass is 35.5. The number of hydrogen-bond donors (Lipinski definition) is 1. The van der Waals surface area contributed by atoms with Crippen LogP contribution in [0.25, 0.3) is 20.8 Å². The molecule has 5 rings (SSSR count). The fourth-order valence-corrected chi connectivity index (χ4v) is 6.39. The smallest absolute Gasteiger partial charge is 0.409 e. The Balaban J connectivity index is 1.59. The van der Waals surface area contributed by atoms with Crippen molar-refractivity contribution in [2.75, 3.05) is 19.0 Å². The Morgan fingerprint density at radius 2 is 1.91 bits per heavy atom. The zero-order valence-electron chi connectivity index (χ0n) is 17.1. The van der Waals surface area contributed by atoms with Gasteiger partial charge in [0.2, 0.25) is 0 Å². The standard InChI is InChI=1S/C23H18ClN3O3S2/c1-30-23(29)27-11-10-14-18(12-27)32-22(26-20(28)13-6-2-3-7-15(13)24)19(14)21-25-16-8-4-5-9-17(16)31-21/h2-9H,10-12H2,1H3,(H,26,28). The van der Waals surface area contributed by atoms with E-state index in [4.69, 9.17) is 21.3 Å². The molecule has 1 N–H and O–H groups in total. The summed E-state index contributed by atoms with van der Waals surface area (Å²) in [5.41, 5.74) is 3.37. The van der Waals surface area contributed by atoms with E-state index in [1.807, 2.05) is 24.3 Å². The van der Waals surface area contributed by atoms with Crippen molar-refractivity contribution >= 4 is 61.5 Å². The Labute approximate surface area is 197 Å². The Hall–Kier alpha value is -2.94. The molecule has 1 aliphatic rings. The first-order valence-electron chi connectivity index (χ1n) is 9.94. The molecule has 1 aliphatic heterocycles. The number of methoxy groups -OCH3 is 1. The summed E-state index contributed by atoms with van der Waals surface area (Å²) in [4.78, 5) is 32.6. The number of carbonyl (C=O) groups is 2. The van der Waals surface area contributed by atoms with Gasteiger partial charge in [0.15, 0.2) is 0 Å². The number of aromatic nitrogens is 1. The molecule has 0 saturated heterocycles. The largest absolute Gasteiger partial charge is 0.453 e. The number of fused-ring (bicyclic) bond motifs is 2. The van der Waals surface area contributed by atoms with Crippen LogP contribution in [-0.4, -0.2) is 35.5 Å². The average molecular weight is 484 g/mol. The fourth-order valence-electron chi connectivity index (χ4n) is 3.80. The maximum absolute atomic E-state index is 13.0. The molecule has 0 spiro atoms. The van der Waals surface area contributed by atoms with Gasteiger partial charge in [-0.15, -0.1) is 22.7 Å². The first-order valence-corrected chi connectivity index (χ1v) is 12.0. The van der Waals surface area contributed by atoms with Gasteiger partial charge in [0.05, 0.1) is 34.5 Å². The summed E-state index contributed by atoms with van der Waals surface area (Å²) in [5.74, 6) is -0.276. The second kappa shape index (κ2) is 8.54. The molecule has 32 heavy (non-hydrogen) atoms.